The molecular weight excluding hydrogens is 338 g/mol. The zero-order valence-corrected chi connectivity index (χ0v) is 14.6. The molecule has 26 heavy (non-hydrogen) atoms. The number of hydrogen-bond acceptors (Lipinski definition) is 3. The first-order chi connectivity index (χ1) is 12.7. The monoisotopic (exact) mass is 360 g/mol. The predicted octanol–water partition coefficient (Wildman–Crippen LogP) is 4.50. The van der Waals surface area contributed by atoms with Crippen molar-refractivity contribution in [2.75, 3.05) is 13.2 Å². The van der Waals surface area contributed by atoms with E-state index < -0.39 is 6.61 Å². The Morgan fingerprint density at radius 2 is 1.96 bits per heavy atom. The van der Waals surface area contributed by atoms with Crippen molar-refractivity contribution in [1.29, 1.82) is 0 Å². The quantitative estimate of drug-likeness (QED) is 0.552. The van der Waals surface area contributed by atoms with Crippen molar-refractivity contribution in [3.63, 3.8) is 0 Å². The lowest BCUT2D eigenvalue weighted by atomic mass is 10.1. The molecule has 0 atom stereocenters. The van der Waals surface area contributed by atoms with Gasteiger partial charge in [-0.25, -0.2) is 0 Å². The summed E-state index contributed by atoms with van der Waals surface area (Å²) in [6.07, 6.45) is 2.94. The van der Waals surface area contributed by atoms with Gasteiger partial charge in [0.2, 0.25) is 0 Å². The van der Waals surface area contributed by atoms with Gasteiger partial charge in [-0.05, 0) is 49.2 Å². The first-order valence-corrected chi connectivity index (χ1v) is 8.63. The standard InChI is InChI=1S/C20H22F2N2O2/c1-2-25-19-11-14(7-8-18(19)26-20(21)22)12-23-10-9-15-13-24-17-6-4-3-5-16(15)17/h3-8,11,13,20,23-24H,2,9-10,12H2,1H3. The molecule has 0 amide bonds. The molecule has 2 N–H and O–H groups in total. The Morgan fingerprint density at radius 1 is 1.12 bits per heavy atom. The topological polar surface area (TPSA) is 46.3 Å². The highest BCUT2D eigenvalue weighted by Crippen LogP contribution is 2.29. The maximum Gasteiger partial charge on any atom is 0.387 e. The third-order valence-electron chi connectivity index (χ3n) is 4.10. The SMILES string of the molecule is CCOc1cc(CNCCc2c[nH]c3ccccc23)ccc1OC(F)F. The molecule has 3 aromatic rings. The lowest BCUT2D eigenvalue weighted by molar-refractivity contribution is -0.0514. The molecule has 0 unspecified atom stereocenters. The number of alkyl halides is 2. The largest absolute Gasteiger partial charge is 0.490 e. The molecule has 0 spiro atoms. The number of fused-ring (bicyclic) bond motifs is 1. The maximum atomic E-state index is 12.4. The fourth-order valence-electron chi connectivity index (χ4n) is 2.92. The average Bonchev–Trinajstić information content (AvgIpc) is 3.04. The van der Waals surface area contributed by atoms with Crippen LogP contribution in [0.1, 0.15) is 18.1 Å². The van der Waals surface area contributed by atoms with Crippen LogP contribution in [-0.4, -0.2) is 24.7 Å². The van der Waals surface area contributed by atoms with Crippen LogP contribution in [-0.2, 0) is 13.0 Å². The van der Waals surface area contributed by atoms with E-state index in [0.29, 0.717) is 18.9 Å². The number of ether oxygens (including phenoxy) is 2. The van der Waals surface area contributed by atoms with E-state index in [2.05, 4.69) is 27.2 Å². The van der Waals surface area contributed by atoms with Crippen molar-refractivity contribution in [2.24, 2.45) is 0 Å². The number of aromatic nitrogens is 1. The van der Waals surface area contributed by atoms with E-state index in [9.17, 15) is 8.78 Å². The fraction of sp³-hybridized carbons (Fsp3) is 0.300. The number of para-hydroxylation sites is 1. The summed E-state index contributed by atoms with van der Waals surface area (Å²) in [5.41, 5.74) is 3.36. The highest BCUT2D eigenvalue weighted by molar-refractivity contribution is 5.83. The van der Waals surface area contributed by atoms with Crippen LogP contribution < -0.4 is 14.8 Å². The van der Waals surface area contributed by atoms with Crippen LogP contribution in [0.2, 0.25) is 0 Å². The number of aromatic amines is 1. The van der Waals surface area contributed by atoms with E-state index in [1.54, 1.807) is 19.1 Å². The molecule has 6 heteroatoms. The molecule has 1 aromatic heterocycles. The van der Waals surface area contributed by atoms with E-state index in [4.69, 9.17) is 4.74 Å². The van der Waals surface area contributed by atoms with Crippen molar-refractivity contribution in [3.8, 4) is 11.5 Å². The lowest BCUT2D eigenvalue weighted by Gasteiger charge is -2.13. The molecular formula is C20H22F2N2O2. The van der Waals surface area contributed by atoms with E-state index >= 15 is 0 Å². The Kier molecular flexibility index (Phi) is 6.07. The second-order valence-corrected chi connectivity index (χ2v) is 5.88. The van der Waals surface area contributed by atoms with Crippen LogP contribution in [0.4, 0.5) is 8.78 Å². The average molecular weight is 360 g/mol. The fourth-order valence-corrected chi connectivity index (χ4v) is 2.92. The molecule has 3 rings (SSSR count). The summed E-state index contributed by atoms with van der Waals surface area (Å²) < 4.78 is 34.8. The number of benzene rings is 2. The van der Waals surface area contributed by atoms with E-state index in [1.807, 2.05) is 18.3 Å². The third-order valence-corrected chi connectivity index (χ3v) is 4.10. The molecule has 0 saturated heterocycles. The summed E-state index contributed by atoms with van der Waals surface area (Å²) in [4.78, 5) is 3.27. The van der Waals surface area contributed by atoms with Gasteiger partial charge in [-0.15, -0.1) is 0 Å². The van der Waals surface area contributed by atoms with Gasteiger partial charge in [-0.3, -0.25) is 0 Å². The molecule has 0 saturated carbocycles. The van der Waals surface area contributed by atoms with Crippen molar-refractivity contribution >= 4 is 10.9 Å². The van der Waals surface area contributed by atoms with Crippen LogP contribution in [0.5, 0.6) is 11.5 Å². The third kappa shape index (κ3) is 4.52. The van der Waals surface area contributed by atoms with Crippen LogP contribution in [0.25, 0.3) is 10.9 Å². The van der Waals surface area contributed by atoms with Crippen LogP contribution in [0.3, 0.4) is 0 Å². The van der Waals surface area contributed by atoms with Gasteiger partial charge in [0, 0.05) is 23.6 Å². The normalized spacial score (nSPS) is 11.2. The Bertz CT molecular complexity index is 849. The zero-order valence-electron chi connectivity index (χ0n) is 14.6. The summed E-state index contributed by atoms with van der Waals surface area (Å²) in [7, 11) is 0. The molecule has 138 valence electrons. The summed E-state index contributed by atoms with van der Waals surface area (Å²) in [5, 5.41) is 4.61. The highest BCUT2D eigenvalue weighted by atomic mass is 19.3. The van der Waals surface area contributed by atoms with Gasteiger partial charge in [0.05, 0.1) is 6.61 Å². The summed E-state index contributed by atoms with van der Waals surface area (Å²) in [5.74, 6) is 0.396. The van der Waals surface area contributed by atoms with Crippen molar-refractivity contribution < 1.29 is 18.3 Å². The second-order valence-electron chi connectivity index (χ2n) is 5.88. The van der Waals surface area contributed by atoms with Gasteiger partial charge >= 0.3 is 6.61 Å². The van der Waals surface area contributed by atoms with Crippen LogP contribution in [0, 0.1) is 0 Å². The minimum atomic E-state index is -2.87. The van der Waals surface area contributed by atoms with Gasteiger partial charge < -0.3 is 19.8 Å². The summed E-state index contributed by atoms with van der Waals surface area (Å²) in [6.45, 7) is 0.753. The van der Waals surface area contributed by atoms with E-state index in [-0.39, 0.29) is 5.75 Å². The number of rotatable bonds is 9. The lowest BCUT2D eigenvalue weighted by Crippen LogP contribution is -2.16. The smallest absolute Gasteiger partial charge is 0.387 e. The van der Waals surface area contributed by atoms with Gasteiger partial charge in [-0.2, -0.15) is 8.78 Å². The number of halogens is 2. The van der Waals surface area contributed by atoms with Crippen molar-refractivity contribution in [3.05, 3.63) is 59.8 Å². The number of nitrogens with one attached hydrogen (secondary N) is 2. The molecule has 1 heterocycles. The minimum absolute atomic E-state index is 0.0596. The first kappa shape index (κ1) is 18.2. The minimum Gasteiger partial charge on any atom is -0.490 e. The van der Waals surface area contributed by atoms with Crippen LogP contribution in [0.15, 0.2) is 48.7 Å². The summed E-state index contributed by atoms with van der Waals surface area (Å²) >= 11 is 0. The molecule has 4 nitrogen and oxygen atoms in total. The van der Waals surface area contributed by atoms with E-state index in [0.717, 1.165) is 24.0 Å². The Labute approximate surface area is 151 Å². The number of H-pyrrole nitrogens is 1. The molecule has 0 fully saturated rings. The highest BCUT2D eigenvalue weighted by Gasteiger charge is 2.11. The number of hydrogen-bond donors (Lipinski definition) is 2. The molecule has 2 aromatic carbocycles. The Morgan fingerprint density at radius 3 is 2.77 bits per heavy atom. The van der Waals surface area contributed by atoms with Gasteiger partial charge in [0.15, 0.2) is 11.5 Å². The van der Waals surface area contributed by atoms with E-state index in [1.165, 1.54) is 17.0 Å². The predicted molar refractivity (Wildman–Crippen MR) is 98.0 cm³/mol. The Hall–Kier alpha value is -2.60. The van der Waals surface area contributed by atoms with Gasteiger partial charge in [0.1, 0.15) is 0 Å². The van der Waals surface area contributed by atoms with Crippen molar-refractivity contribution in [2.45, 2.75) is 26.5 Å². The molecule has 0 aliphatic heterocycles. The van der Waals surface area contributed by atoms with Gasteiger partial charge in [0.25, 0.3) is 0 Å². The van der Waals surface area contributed by atoms with Gasteiger partial charge in [-0.1, -0.05) is 24.3 Å². The molecule has 0 aliphatic rings. The second kappa shape index (κ2) is 8.67. The molecule has 0 bridgehead atoms. The first-order valence-electron chi connectivity index (χ1n) is 8.63. The summed E-state index contributed by atoms with van der Waals surface area (Å²) in [6, 6.07) is 13.2. The zero-order chi connectivity index (χ0) is 18.4. The molecule has 0 aliphatic carbocycles. The maximum absolute atomic E-state index is 12.4. The Balaban J connectivity index is 1.56. The van der Waals surface area contributed by atoms with Crippen LogP contribution >= 0.6 is 0 Å². The van der Waals surface area contributed by atoms with Crippen molar-refractivity contribution in [1.82, 2.24) is 10.3 Å². The molecule has 0 radical (unpaired) electrons.